The average Bonchev–Trinajstić information content (AvgIpc) is 2.05. The predicted molar refractivity (Wildman–Crippen MR) is 49.2 cm³/mol. The van der Waals surface area contributed by atoms with Gasteiger partial charge in [-0.1, -0.05) is 6.58 Å². The first-order valence-electron chi connectivity index (χ1n) is 3.65. The quantitative estimate of drug-likeness (QED) is 0.399. The van der Waals surface area contributed by atoms with Crippen molar-refractivity contribution in [3.05, 3.63) is 12.2 Å². The van der Waals surface area contributed by atoms with E-state index in [1.54, 1.807) is 6.92 Å². The first-order valence-corrected chi connectivity index (χ1v) is 3.65. The van der Waals surface area contributed by atoms with Gasteiger partial charge < -0.3 is 10.5 Å². The molecule has 0 unspecified atom stereocenters. The van der Waals surface area contributed by atoms with E-state index >= 15 is 0 Å². The van der Waals surface area contributed by atoms with Gasteiger partial charge in [-0.2, -0.15) is 0 Å². The molecule has 6 nitrogen and oxygen atoms in total. The number of primary amides is 1. The highest BCUT2D eigenvalue weighted by atomic mass is 16.5. The molecular weight excluding hydrogens is 188 g/mol. The minimum atomic E-state index is -0.711. The van der Waals surface area contributed by atoms with Crippen LogP contribution in [0.15, 0.2) is 17.1 Å². The number of aliphatic imine (C=N–C) groups is 1. The molecule has 2 N–H and O–H groups in total. The second kappa shape index (κ2) is 9.15. The molecule has 6 heteroatoms. The molecule has 2 amide bonds. The molecule has 0 fully saturated rings. The first kappa shape index (κ1) is 14.6. The Balaban J connectivity index is 0. The Hall–Kier alpha value is -1.94. The number of carbonyl (C=O) groups is 2. The molecule has 0 aliphatic heterocycles. The Morgan fingerprint density at radius 3 is 2.14 bits per heavy atom. The van der Waals surface area contributed by atoms with Crippen molar-refractivity contribution < 1.29 is 19.1 Å². The van der Waals surface area contributed by atoms with E-state index in [1.165, 1.54) is 6.92 Å². The fraction of sp³-hybridized carbons (Fsp3) is 0.375. The predicted octanol–water partition coefficient (Wildman–Crippen LogP) is 0.527. The fourth-order valence-electron chi connectivity index (χ4n) is 0.279. The molecule has 0 saturated carbocycles. The Kier molecular flexibility index (Phi) is 9.53. The summed E-state index contributed by atoms with van der Waals surface area (Å²) in [6.45, 7) is 6.78. The van der Waals surface area contributed by atoms with Gasteiger partial charge in [0.25, 0.3) is 5.91 Å². The molecule has 0 rings (SSSR count). The van der Waals surface area contributed by atoms with E-state index in [0.717, 1.165) is 6.08 Å². The molecule has 0 aliphatic rings. The van der Waals surface area contributed by atoms with Crippen LogP contribution in [0.25, 0.3) is 0 Å². The molecule has 0 aromatic carbocycles. The van der Waals surface area contributed by atoms with Crippen molar-refractivity contribution in [2.24, 2.45) is 10.7 Å². The highest BCUT2D eigenvalue weighted by Gasteiger charge is 1.94. The average molecular weight is 200 g/mol. The molecule has 0 spiro atoms. The third-order valence-corrected chi connectivity index (χ3v) is 0.799. The van der Waals surface area contributed by atoms with Crippen LogP contribution in [0.4, 0.5) is 4.79 Å². The summed E-state index contributed by atoms with van der Waals surface area (Å²) in [4.78, 5) is 32.0. The fourth-order valence-corrected chi connectivity index (χ4v) is 0.279. The second-order valence-electron chi connectivity index (χ2n) is 2.04. The lowest BCUT2D eigenvalue weighted by Gasteiger charge is -1.89. The zero-order chi connectivity index (χ0) is 11.6. The van der Waals surface area contributed by atoms with Gasteiger partial charge in [-0.25, -0.2) is 9.59 Å². The Morgan fingerprint density at radius 2 is 2.07 bits per heavy atom. The summed E-state index contributed by atoms with van der Waals surface area (Å²) in [5, 5.41) is 0. The maximum atomic E-state index is 10.2. The van der Waals surface area contributed by atoms with Crippen molar-refractivity contribution in [1.29, 1.82) is 0 Å². The number of hydrogen-bond acceptors (Lipinski definition) is 4. The van der Waals surface area contributed by atoms with Crippen molar-refractivity contribution in [1.82, 2.24) is 0 Å². The summed E-state index contributed by atoms with van der Waals surface area (Å²) in [6.07, 6.45) is 0.403. The topological polar surface area (TPSA) is 98.8 Å². The summed E-state index contributed by atoms with van der Waals surface area (Å²) in [6, 6.07) is 0. The third-order valence-electron chi connectivity index (χ3n) is 0.799. The molecule has 0 saturated heterocycles. The summed E-state index contributed by atoms with van der Waals surface area (Å²) < 4.78 is 4.18. The molecule has 0 bridgehead atoms. The number of carbonyl (C=O) groups excluding carboxylic acids is 3. The maximum Gasteiger partial charge on any atom is 0.404 e. The minimum Gasteiger partial charge on any atom is -0.450 e. The number of nitrogens with two attached hydrogens (primary N) is 1. The molecule has 0 heterocycles. The molecule has 0 radical (unpaired) electrons. The van der Waals surface area contributed by atoms with Gasteiger partial charge in [0.1, 0.15) is 0 Å². The van der Waals surface area contributed by atoms with E-state index in [-0.39, 0.29) is 5.57 Å². The lowest BCUT2D eigenvalue weighted by Crippen LogP contribution is -2.11. The third kappa shape index (κ3) is 12.7. The van der Waals surface area contributed by atoms with Crippen molar-refractivity contribution in [3.8, 4) is 0 Å². The first-order chi connectivity index (χ1) is 6.45. The van der Waals surface area contributed by atoms with Gasteiger partial charge in [-0.15, -0.1) is 4.99 Å². The van der Waals surface area contributed by atoms with Crippen LogP contribution in [0.1, 0.15) is 13.8 Å². The number of hydrogen-bond donors (Lipinski definition) is 1. The van der Waals surface area contributed by atoms with Crippen LogP contribution in [-0.2, 0) is 14.3 Å². The summed E-state index contributed by atoms with van der Waals surface area (Å²) in [5.41, 5.74) is 4.79. The molecule has 78 valence electrons. The molecule has 0 aromatic heterocycles. The molecule has 0 aromatic rings. The number of nitrogens with zero attached hydrogens (tertiary/aromatic N) is 1. The van der Waals surface area contributed by atoms with Crippen LogP contribution in [0.2, 0.25) is 0 Å². The Bertz CT molecular complexity index is 263. The molecular formula is C8H12N2O4. The Labute approximate surface area is 81.4 Å². The van der Waals surface area contributed by atoms with Crippen LogP contribution < -0.4 is 5.73 Å². The Morgan fingerprint density at radius 1 is 1.57 bits per heavy atom. The van der Waals surface area contributed by atoms with Gasteiger partial charge >= 0.3 is 6.09 Å². The largest absolute Gasteiger partial charge is 0.450 e. The van der Waals surface area contributed by atoms with E-state index in [1.807, 2.05) is 0 Å². The summed E-state index contributed by atoms with van der Waals surface area (Å²) >= 11 is 0. The van der Waals surface area contributed by atoms with Crippen LogP contribution in [0.5, 0.6) is 0 Å². The van der Waals surface area contributed by atoms with E-state index in [4.69, 9.17) is 0 Å². The summed E-state index contributed by atoms with van der Waals surface area (Å²) in [5.74, 6) is -0.611. The highest BCUT2D eigenvalue weighted by Crippen LogP contribution is 1.87. The van der Waals surface area contributed by atoms with Crippen LogP contribution >= 0.6 is 0 Å². The van der Waals surface area contributed by atoms with E-state index in [0.29, 0.717) is 6.61 Å². The number of amides is 2. The van der Waals surface area contributed by atoms with Crippen molar-refractivity contribution in [2.45, 2.75) is 13.8 Å². The van der Waals surface area contributed by atoms with E-state index in [2.05, 4.69) is 22.0 Å². The van der Waals surface area contributed by atoms with Crippen LogP contribution in [0.3, 0.4) is 0 Å². The van der Waals surface area contributed by atoms with Crippen LogP contribution in [-0.4, -0.2) is 24.7 Å². The minimum absolute atomic E-state index is 0.244. The molecule has 14 heavy (non-hydrogen) atoms. The monoisotopic (exact) mass is 200 g/mol. The van der Waals surface area contributed by atoms with Gasteiger partial charge in [0.05, 0.1) is 6.61 Å². The molecule has 0 atom stereocenters. The lowest BCUT2D eigenvalue weighted by molar-refractivity contribution is -0.114. The van der Waals surface area contributed by atoms with E-state index in [9.17, 15) is 14.4 Å². The van der Waals surface area contributed by atoms with Gasteiger partial charge in [0, 0.05) is 5.57 Å². The van der Waals surface area contributed by atoms with Crippen molar-refractivity contribution >= 4 is 18.1 Å². The van der Waals surface area contributed by atoms with Gasteiger partial charge in [-0.05, 0) is 13.8 Å². The van der Waals surface area contributed by atoms with Gasteiger partial charge in [0.15, 0.2) is 0 Å². The smallest absolute Gasteiger partial charge is 0.404 e. The normalized spacial score (nSPS) is 7.29. The van der Waals surface area contributed by atoms with Gasteiger partial charge in [0.2, 0.25) is 6.08 Å². The number of isocyanates is 1. The highest BCUT2D eigenvalue weighted by molar-refractivity contribution is 5.95. The van der Waals surface area contributed by atoms with E-state index < -0.39 is 12.0 Å². The maximum absolute atomic E-state index is 10.2. The summed E-state index contributed by atoms with van der Waals surface area (Å²) in [7, 11) is 0. The number of rotatable bonds is 2. The zero-order valence-corrected chi connectivity index (χ0v) is 8.07. The SMILES string of the molecule is C=C(C)C(=O)N=C=O.CCOC(N)=O. The zero-order valence-electron chi connectivity index (χ0n) is 8.07. The van der Waals surface area contributed by atoms with Crippen molar-refractivity contribution in [3.63, 3.8) is 0 Å². The number of ether oxygens (including phenoxy) is 1. The lowest BCUT2D eigenvalue weighted by atomic mass is 10.3. The molecule has 0 aliphatic carbocycles. The van der Waals surface area contributed by atoms with Gasteiger partial charge in [-0.3, -0.25) is 4.79 Å². The van der Waals surface area contributed by atoms with Crippen LogP contribution in [0, 0.1) is 0 Å². The van der Waals surface area contributed by atoms with Crippen molar-refractivity contribution in [2.75, 3.05) is 6.61 Å². The standard InChI is InChI=1S/C5H5NO2.C3H7NO2/c1-4(2)5(8)6-3-7;1-2-6-3(4)5/h1H2,2H3;2H2,1H3,(H2,4,5). The second-order valence-corrected chi connectivity index (χ2v) is 2.04.